The molecule has 0 bridgehead atoms. The van der Waals surface area contributed by atoms with Gasteiger partial charge in [0.1, 0.15) is 11.6 Å². The predicted octanol–water partition coefficient (Wildman–Crippen LogP) is 6.91. The first-order valence-electron chi connectivity index (χ1n) is 9.05. The molecule has 2 aromatic carbocycles. The fourth-order valence-electron chi connectivity index (χ4n) is 3.20. The number of carbonyl (C=O) groups excluding carboxylic acids is 1. The Kier molecular flexibility index (Phi) is 6.58. The summed E-state index contributed by atoms with van der Waals surface area (Å²) in [6.45, 7) is 5.63. The van der Waals surface area contributed by atoms with Crippen molar-refractivity contribution >= 4 is 52.5 Å². The van der Waals surface area contributed by atoms with Crippen molar-refractivity contribution in [3.05, 3.63) is 85.6 Å². The van der Waals surface area contributed by atoms with E-state index in [2.05, 4.69) is 5.32 Å². The van der Waals surface area contributed by atoms with Crippen molar-refractivity contribution in [2.45, 2.75) is 20.8 Å². The van der Waals surface area contributed by atoms with E-state index in [1.807, 2.05) is 36.6 Å². The van der Waals surface area contributed by atoms with E-state index >= 15 is 0 Å². The highest BCUT2D eigenvalue weighted by molar-refractivity contribution is 6.35. The van der Waals surface area contributed by atoms with Gasteiger partial charge in [0.25, 0.3) is 5.91 Å². The van der Waals surface area contributed by atoms with Crippen molar-refractivity contribution in [3.63, 3.8) is 0 Å². The molecule has 0 atom stereocenters. The molecule has 3 aromatic rings. The minimum absolute atomic E-state index is 0.0168. The molecule has 0 unspecified atom stereocenters. The maximum Gasteiger partial charge on any atom is 0.266 e. The van der Waals surface area contributed by atoms with Crippen LogP contribution in [0.4, 0.5) is 5.69 Å². The van der Waals surface area contributed by atoms with Gasteiger partial charge in [0, 0.05) is 27.1 Å². The fourth-order valence-corrected chi connectivity index (χ4v) is 3.87. The SMILES string of the molecule is Cc1c(Cl)cccc1NC(=O)/C(C#N)=C\c1cc(C)n(-c2ccc(Cl)cc2Cl)c1C. The molecule has 0 spiro atoms. The number of rotatable bonds is 4. The molecule has 0 aliphatic carbocycles. The van der Waals surface area contributed by atoms with E-state index in [0.717, 1.165) is 28.2 Å². The molecule has 0 fully saturated rings. The zero-order chi connectivity index (χ0) is 22.0. The van der Waals surface area contributed by atoms with E-state index < -0.39 is 5.91 Å². The normalized spacial score (nSPS) is 11.3. The number of amides is 1. The molecule has 152 valence electrons. The number of nitriles is 1. The molecule has 4 nitrogen and oxygen atoms in total. The Balaban J connectivity index is 1.98. The lowest BCUT2D eigenvalue weighted by Gasteiger charge is -2.12. The minimum Gasteiger partial charge on any atom is -0.321 e. The van der Waals surface area contributed by atoms with Crippen molar-refractivity contribution in [1.29, 1.82) is 5.26 Å². The van der Waals surface area contributed by atoms with Crippen molar-refractivity contribution < 1.29 is 4.79 Å². The third-order valence-electron chi connectivity index (χ3n) is 4.80. The van der Waals surface area contributed by atoms with Gasteiger partial charge in [-0.05, 0) is 74.4 Å². The molecular weight excluding hydrogens is 441 g/mol. The summed E-state index contributed by atoms with van der Waals surface area (Å²) >= 11 is 18.5. The van der Waals surface area contributed by atoms with Crippen LogP contribution >= 0.6 is 34.8 Å². The van der Waals surface area contributed by atoms with Crippen LogP contribution in [0.3, 0.4) is 0 Å². The summed E-state index contributed by atoms with van der Waals surface area (Å²) in [5, 5.41) is 13.9. The van der Waals surface area contributed by atoms with Gasteiger partial charge in [-0.2, -0.15) is 5.26 Å². The third-order valence-corrected chi connectivity index (χ3v) is 5.75. The van der Waals surface area contributed by atoms with Gasteiger partial charge in [-0.1, -0.05) is 40.9 Å². The number of nitrogens with zero attached hydrogens (tertiary/aromatic N) is 2. The number of aromatic nitrogens is 1. The van der Waals surface area contributed by atoms with Gasteiger partial charge >= 0.3 is 0 Å². The number of benzene rings is 2. The topological polar surface area (TPSA) is 57.8 Å². The first-order valence-corrected chi connectivity index (χ1v) is 10.2. The fraction of sp³-hybridized carbons (Fsp3) is 0.130. The summed E-state index contributed by atoms with van der Waals surface area (Å²) in [6, 6.07) is 14.4. The highest BCUT2D eigenvalue weighted by atomic mass is 35.5. The van der Waals surface area contributed by atoms with Crippen LogP contribution in [0.25, 0.3) is 11.8 Å². The maximum atomic E-state index is 12.7. The number of nitrogens with one attached hydrogen (secondary N) is 1. The zero-order valence-corrected chi connectivity index (χ0v) is 18.8. The quantitative estimate of drug-likeness (QED) is 0.341. The first-order chi connectivity index (χ1) is 14.2. The highest BCUT2D eigenvalue weighted by Gasteiger charge is 2.16. The molecule has 0 aliphatic heterocycles. The average Bonchev–Trinajstić information content (AvgIpc) is 2.97. The molecule has 1 amide bonds. The molecule has 1 N–H and O–H groups in total. The molecule has 1 heterocycles. The Hall–Kier alpha value is -2.71. The summed E-state index contributed by atoms with van der Waals surface area (Å²) < 4.78 is 1.96. The van der Waals surface area contributed by atoms with E-state index in [1.165, 1.54) is 0 Å². The molecule has 7 heteroatoms. The summed E-state index contributed by atoms with van der Waals surface area (Å²) in [4.78, 5) is 12.7. The Bertz CT molecular complexity index is 1220. The molecule has 0 saturated heterocycles. The molecular formula is C23H18Cl3N3O. The Morgan fingerprint density at radius 3 is 2.47 bits per heavy atom. The second-order valence-electron chi connectivity index (χ2n) is 6.79. The molecule has 0 saturated carbocycles. The van der Waals surface area contributed by atoms with Gasteiger partial charge in [-0.25, -0.2) is 0 Å². The van der Waals surface area contributed by atoms with E-state index in [1.54, 1.807) is 43.3 Å². The monoisotopic (exact) mass is 457 g/mol. The Morgan fingerprint density at radius 1 is 1.07 bits per heavy atom. The second kappa shape index (κ2) is 8.97. The summed E-state index contributed by atoms with van der Waals surface area (Å²) in [6.07, 6.45) is 1.57. The highest BCUT2D eigenvalue weighted by Crippen LogP contribution is 2.30. The van der Waals surface area contributed by atoms with Crippen LogP contribution in [-0.2, 0) is 4.79 Å². The Morgan fingerprint density at radius 2 is 1.80 bits per heavy atom. The number of anilines is 1. The number of hydrogen-bond acceptors (Lipinski definition) is 2. The predicted molar refractivity (Wildman–Crippen MR) is 124 cm³/mol. The number of aryl methyl sites for hydroxylation is 1. The van der Waals surface area contributed by atoms with Gasteiger partial charge in [0.2, 0.25) is 0 Å². The van der Waals surface area contributed by atoms with Gasteiger partial charge in [0.15, 0.2) is 0 Å². The lowest BCUT2D eigenvalue weighted by atomic mass is 10.1. The van der Waals surface area contributed by atoms with E-state index in [0.29, 0.717) is 20.8 Å². The summed E-state index contributed by atoms with van der Waals surface area (Å²) in [7, 11) is 0. The smallest absolute Gasteiger partial charge is 0.266 e. The summed E-state index contributed by atoms with van der Waals surface area (Å²) in [5.74, 6) is -0.503. The van der Waals surface area contributed by atoms with E-state index in [4.69, 9.17) is 34.8 Å². The van der Waals surface area contributed by atoms with E-state index in [-0.39, 0.29) is 5.57 Å². The molecule has 30 heavy (non-hydrogen) atoms. The summed E-state index contributed by atoms with van der Waals surface area (Å²) in [5.41, 5.74) is 4.55. The molecule has 1 aromatic heterocycles. The van der Waals surface area contributed by atoms with Crippen LogP contribution in [0.5, 0.6) is 0 Å². The van der Waals surface area contributed by atoms with Crippen molar-refractivity contribution in [2.75, 3.05) is 5.32 Å². The Labute approximate surface area is 190 Å². The molecule has 0 radical (unpaired) electrons. The minimum atomic E-state index is -0.503. The average molecular weight is 459 g/mol. The largest absolute Gasteiger partial charge is 0.321 e. The first kappa shape index (κ1) is 22.0. The van der Waals surface area contributed by atoms with Gasteiger partial charge in [-0.15, -0.1) is 0 Å². The number of hydrogen-bond donors (Lipinski definition) is 1. The number of halogens is 3. The van der Waals surface area contributed by atoms with E-state index in [9.17, 15) is 10.1 Å². The standard InChI is InChI=1S/C23H18Cl3N3O/c1-13-9-16(15(3)29(13)22-8-7-18(24)11-20(22)26)10-17(12-27)23(30)28-21-6-4-5-19(25)14(21)2/h4-11H,1-3H3,(H,28,30)/b17-10-. The zero-order valence-electron chi connectivity index (χ0n) is 16.6. The lowest BCUT2D eigenvalue weighted by Crippen LogP contribution is -2.14. The van der Waals surface area contributed by atoms with Gasteiger partial charge in [-0.3, -0.25) is 4.79 Å². The third kappa shape index (κ3) is 4.39. The number of carbonyl (C=O) groups is 1. The van der Waals surface area contributed by atoms with Crippen LogP contribution in [0.2, 0.25) is 15.1 Å². The molecule has 0 aliphatic rings. The van der Waals surface area contributed by atoms with Gasteiger partial charge < -0.3 is 9.88 Å². The van der Waals surface area contributed by atoms with Crippen molar-refractivity contribution in [3.8, 4) is 11.8 Å². The second-order valence-corrected chi connectivity index (χ2v) is 8.04. The molecule has 3 rings (SSSR count). The van der Waals surface area contributed by atoms with Crippen molar-refractivity contribution in [2.24, 2.45) is 0 Å². The van der Waals surface area contributed by atoms with Crippen molar-refractivity contribution in [1.82, 2.24) is 4.57 Å². The van der Waals surface area contributed by atoms with Crippen LogP contribution in [0, 0.1) is 32.1 Å². The van der Waals surface area contributed by atoms with Crippen LogP contribution in [0.1, 0.15) is 22.5 Å². The van der Waals surface area contributed by atoms with Crippen LogP contribution in [-0.4, -0.2) is 10.5 Å². The maximum absolute atomic E-state index is 12.7. The van der Waals surface area contributed by atoms with Crippen LogP contribution < -0.4 is 5.32 Å². The van der Waals surface area contributed by atoms with Crippen LogP contribution in [0.15, 0.2) is 48.0 Å². The van der Waals surface area contributed by atoms with Gasteiger partial charge in [0.05, 0.1) is 10.7 Å². The lowest BCUT2D eigenvalue weighted by molar-refractivity contribution is -0.112.